The monoisotopic (exact) mass is 465 g/mol. The topological polar surface area (TPSA) is 12.9 Å². The van der Waals surface area contributed by atoms with Crippen molar-refractivity contribution in [1.82, 2.24) is 4.98 Å². The first-order valence-corrected chi connectivity index (χ1v) is 7.16. The fourth-order valence-electron chi connectivity index (χ4n) is 2.55. The Hall–Kier alpha value is -1.76. The summed E-state index contributed by atoms with van der Waals surface area (Å²) in [5, 5.41) is 0. The summed E-state index contributed by atoms with van der Waals surface area (Å²) in [5.74, 6) is 0. The van der Waals surface area contributed by atoms with Crippen LogP contribution in [0.2, 0.25) is 0 Å². The van der Waals surface area contributed by atoms with Gasteiger partial charge >= 0.3 is 0 Å². The molecule has 2 aromatic carbocycles. The number of nitrogens with zero attached hydrogens (tertiary/aromatic N) is 1. The zero-order chi connectivity index (χ0) is 14.8. The van der Waals surface area contributed by atoms with Gasteiger partial charge in [0.05, 0.1) is 0 Å². The van der Waals surface area contributed by atoms with Gasteiger partial charge in [0.2, 0.25) is 0 Å². The van der Waals surface area contributed by atoms with Crippen LogP contribution in [0.25, 0.3) is 22.4 Å². The van der Waals surface area contributed by atoms with Gasteiger partial charge in [-0.2, -0.15) is 0 Å². The molecule has 0 spiro atoms. The second-order valence-electron chi connectivity index (χ2n) is 5.53. The summed E-state index contributed by atoms with van der Waals surface area (Å²) in [4.78, 5) is 4.49. The Kier molecular flexibility index (Phi) is 5.28. The van der Waals surface area contributed by atoms with Crippen LogP contribution in [-0.2, 0) is 20.1 Å². The van der Waals surface area contributed by atoms with Crippen LogP contribution in [0.15, 0.2) is 54.7 Å². The van der Waals surface area contributed by atoms with Gasteiger partial charge in [-0.05, 0) is 43.2 Å². The van der Waals surface area contributed by atoms with E-state index in [9.17, 15) is 0 Å². The molecule has 0 aliphatic carbocycles. The first kappa shape index (κ1) is 16.6. The molecule has 0 unspecified atom stereocenters. The minimum absolute atomic E-state index is 0. The third kappa shape index (κ3) is 3.52. The van der Waals surface area contributed by atoms with E-state index in [0.29, 0.717) is 0 Å². The van der Waals surface area contributed by atoms with Crippen LogP contribution >= 0.6 is 0 Å². The van der Waals surface area contributed by atoms with E-state index >= 15 is 0 Å². The van der Waals surface area contributed by atoms with Crippen molar-refractivity contribution in [1.29, 1.82) is 0 Å². The molecule has 113 valence electrons. The van der Waals surface area contributed by atoms with Crippen LogP contribution in [0.1, 0.15) is 16.7 Å². The van der Waals surface area contributed by atoms with E-state index in [1.807, 2.05) is 25.3 Å². The Morgan fingerprint density at radius 3 is 2.32 bits per heavy atom. The molecule has 0 aliphatic rings. The number of pyridine rings is 1. The fourth-order valence-corrected chi connectivity index (χ4v) is 2.55. The minimum Gasteiger partial charge on any atom is -0.304 e. The molecule has 0 aliphatic heterocycles. The van der Waals surface area contributed by atoms with Crippen LogP contribution in [0.4, 0.5) is 0 Å². The zero-order valence-electron chi connectivity index (χ0n) is 13.0. The number of aromatic nitrogens is 1. The Morgan fingerprint density at radius 2 is 1.64 bits per heavy atom. The summed E-state index contributed by atoms with van der Waals surface area (Å²) in [6.45, 7) is 6.33. The molecule has 0 amide bonds. The van der Waals surface area contributed by atoms with E-state index in [-0.39, 0.29) is 20.1 Å². The summed E-state index contributed by atoms with van der Waals surface area (Å²) in [5.41, 5.74) is 8.23. The standard InChI is InChI=1S/C20H18N.Ir/c1-14-7-9-19(16(3)11-14)17-5-4-6-18(12-17)20-10-8-15(2)13-21-20;/h4-5,7-13H,1-3H3;/q-1;. The second kappa shape index (κ2) is 7.00. The summed E-state index contributed by atoms with van der Waals surface area (Å²) in [7, 11) is 0. The number of hydrogen-bond acceptors (Lipinski definition) is 1. The van der Waals surface area contributed by atoms with Crippen molar-refractivity contribution in [2.24, 2.45) is 0 Å². The molecular weight excluding hydrogens is 446 g/mol. The maximum absolute atomic E-state index is 4.49. The third-order valence-electron chi connectivity index (χ3n) is 3.68. The third-order valence-corrected chi connectivity index (χ3v) is 3.68. The van der Waals surface area contributed by atoms with Crippen LogP contribution in [-0.4, -0.2) is 4.98 Å². The van der Waals surface area contributed by atoms with Gasteiger partial charge in [-0.25, -0.2) is 0 Å². The molecule has 0 saturated carbocycles. The first-order chi connectivity index (χ1) is 10.1. The molecule has 22 heavy (non-hydrogen) atoms. The fraction of sp³-hybridized carbons (Fsp3) is 0.150. The largest absolute Gasteiger partial charge is 0.304 e. The molecule has 0 fully saturated rings. The first-order valence-electron chi connectivity index (χ1n) is 7.16. The Morgan fingerprint density at radius 1 is 0.864 bits per heavy atom. The van der Waals surface area contributed by atoms with Gasteiger partial charge in [0.15, 0.2) is 0 Å². The molecular formula is C20H18IrN-. The molecule has 0 N–H and O–H groups in total. The molecule has 2 heteroatoms. The Balaban J connectivity index is 0.00000176. The predicted molar refractivity (Wildman–Crippen MR) is 88.2 cm³/mol. The maximum atomic E-state index is 4.49. The maximum Gasteiger partial charge on any atom is 0.0190 e. The normalized spacial score (nSPS) is 10.1. The average molecular weight is 465 g/mol. The van der Waals surface area contributed by atoms with Gasteiger partial charge < -0.3 is 4.98 Å². The van der Waals surface area contributed by atoms with Gasteiger partial charge in [0.1, 0.15) is 0 Å². The van der Waals surface area contributed by atoms with E-state index in [1.54, 1.807) is 0 Å². The van der Waals surface area contributed by atoms with Crippen molar-refractivity contribution >= 4 is 0 Å². The van der Waals surface area contributed by atoms with Crippen molar-refractivity contribution in [3.63, 3.8) is 0 Å². The Bertz CT molecular complexity index is 776. The smallest absolute Gasteiger partial charge is 0.0190 e. The SMILES string of the molecule is Cc1ccc(-c2[c-]ccc(-c3ccc(C)cc3C)c2)nc1.[Ir]. The van der Waals surface area contributed by atoms with E-state index in [1.165, 1.54) is 27.8 Å². The van der Waals surface area contributed by atoms with Gasteiger partial charge in [-0.3, -0.25) is 0 Å². The second-order valence-corrected chi connectivity index (χ2v) is 5.53. The number of hydrogen-bond donors (Lipinski definition) is 0. The van der Waals surface area contributed by atoms with Crippen LogP contribution < -0.4 is 0 Å². The molecule has 3 rings (SSSR count). The molecule has 0 atom stereocenters. The van der Waals surface area contributed by atoms with Crippen molar-refractivity contribution in [2.45, 2.75) is 20.8 Å². The van der Waals surface area contributed by atoms with Gasteiger partial charge in [-0.15, -0.1) is 35.4 Å². The molecule has 1 nitrogen and oxygen atoms in total. The minimum atomic E-state index is 0. The number of rotatable bonds is 2. The summed E-state index contributed by atoms with van der Waals surface area (Å²) < 4.78 is 0. The predicted octanol–water partition coefficient (Wildman–Crippen LogP) is 5.14. The van der Waals surface area contributed by atoms with E-state index in [0.717, 1.165) is 11.3 Å². The van der Waals surface area contributed by atoms with Gasteiger partial charge in [0.25, 0.3) is 0 Å². The van der Waals surface area contributed by atoms with Crippen LogP contribution in [0.3, 0.4) is 0 Å². The summed E-state index contributed by atoms with van der Waals surface area (Å²) in [6.07, 6.45) is 1.90. The van der Waals surface area contributed by atoms with E-state index < -0.39 is 0 Å². The van der Waals surface area contributed by atoms with Crippen molar-refractivity contribution in [3.8, 4) is 22.4 Å². The number of aryl methyl sites for hydroxylation is 3. The zero-order valence-corrected chi connectivity index (χ0v) is 15.4. The Labute approximate surface area is 145 Å². The number of benzene rings is 2. The molecule has 1 radical (unpaired) electrons. The van der Waals surface area contributed by atoms with Crippen molar-refractivity contribution < 1.29 is 20.1 Å². The molecule has 0 saturated heterocycles. The van der Waals surface area contributed by atoms with E-state index in [2.05, 4.69) is 61.3 Å². The molecule has 1 heterocycles. The average Bonchev–Trinajstić information content (AvgIpc) is 2.48. The van der Waals surface area contributed by atoms with Gasteiger partial charge in [-0.1, -0.05) is 35.9 Å². The summed E-state index contributed by atoms with van der Waals surface area (Å²) >= 11 is 0. The van der Waals surface area contributed by atoms with Crippen LogP contribution in [0.5, 0.6) is 0 Å². The van der Waals surface area contributed by atoms with Crippen LogP contribution in [0, 0.1) is 26.8 Å². The molecule has 0 bridgehead atoms. The molecule has 3 aromatic rings. The van der Waals surface area contributed by atoms with Crippen molar-refractivity contribution in [3.05, 3.63) is 77.5 Å². The van der Waals surface area contributed by atoms with Crippen molar-refractivity contribution in [2.75, 3.05) is 0 Å². The van der Waals surface area contributed by atoms with E-state index in [4.69, 9.17) is 0 Å². The quantitative estimate of drug-likeness (QED) is 0.479. The summed E-state index contributed by atoms with van der Waals surface area (Å²) in [6, 6.07) is 20.2. The van der Waals surface area contributed by atoms with Gasteiger partial charge in [0, 0.05) is 26.3 Å². The molecule has 1 aromatic heterocycles.